The summed E-state index contributed by atoms with van der Waals surface area (Å²) in [4.78, 5) is 4.46. The van der Waals surface area contributed by atoms with Gasteiger partial charge >= 0.3 is 0 Å². The van der Waals surface area contributed by atoms with E-state index in [1.807, 2.05) is 53.3 Å². The van der Waals surface area contributed by atoms with Gasteiger partial charge < -0.3 is 11.1 Å². The van der Waals surface area contributed by atoms with Crippen molar-refractivity contribution in [1.29, 1.82) is 0 Å². The summed E-state index contributed by atoms with van der Waals surface area (Å²) in [6.07, 6.45) is 3.68. The molecule has 0 aliphatic heterocycles. The summed E-state index contributed by atoms with van der Waals surface area (Å²) < 4.78 is 1.83. The van der Waals surface area contributed by atoms with Gasteiger partial charge in [-0.1, -0.05) is 24.3 Å². The van der Waals surface area contributed by atoms with E-state index >= 15 is 0 Å². The molecule has 0 unspecified atom stereocenters. The maximum atomic E-state index is 6.04. The fourth-order valence-electron chi connectivity index (χ4n) is 2.68. The van der Waals surface area contributed by atoms with Crippen molar-refractivity contribution in [2.45, 2.75) is 20.4 Å². The van der Waals surface area contributed by atoms with E-state index in [2.05, 4.69) is 35.3 Å². The molecule has 3 aromatic rings. The van der Waals surface area contributed by atoms with Gasteiger partial charge in [-0.3, -0.25) is 0 Å². The van der Waals surface area contributed by atoms with Gasteiger partial charge in [0.05, 0.1) is 12.2 Å². The number of para-hydroxylation sites is 1. The van der Waals surface area contributed by atoms with E-state index in [9.17, 15) is 0 Å². The number of anilines is 1. The van der Waals surface area contributed by atoms with Crippen LogP contribution < -0.4 is 11.1 Å². The van der Waals surface area contributed by atoms with Gasteiger partial charge in [0.15, 0.2) is 5.96 Å². The van der Waals surface area contributed by atoms with Crippen LogP contribution >= 0.6 is 24.0 Å². The summed E-state index contributed by atoms with van der Waals surface area (Å²) in [6.45, 7) is 4.61. The number of aryl methyl sites for hydroxylation is 2. The molecule has 2 aromatic carbocycles. The highest BCUT2D eigenvalue weighted by atomic mass is 127. The number of hydrogen-bond donors (Lipinski definition) is 2. The minimum absolute atomic E-state index is 0. The lowest BCUT2D eigenvalue weighted by molar-refractivity contribution is 0.858. The molecule has 0 aliphatic carbocycles. The molecular formula is C19H22IN5. The molecule has 1 aromatic heterocycles. The topological polar surface area (TPSA) is 68.2 Å². The third-order valence-electron chi connectivity index (χ3n) is 3.66. The van der Waals surface area contributed by atoms with E-state index in [4.69, 9.17) is 5.73 Å². The number of guanidine groups is 1. The minimum Gasteiger partial charge on any atom is -0.370 e. The summed E-state index contributed by atoms with van der Waals surface area (Å²) in [5.41, 5.74) is 11.4. The zero-order valence-electron chi connectivity index (χ0n) is 14.3. The lowest BCUT2D eigenvalue weighted by atomic mass is 10.1. The molecule has 0 aliphatic rings. The molecule has 0 saturated heterocycles. The molecule has 0 spiro atoms. The quantitative estimate of drug-likeness (QED) is 0.361. The maximum Gasteiger partial charge on any atom is 0.193 e. The molecule has 0 saturated carbocycles. The summed E-state index contributed by atoms with van der Waals surface area (Å²) >= 11 is 0. The largest absolute Gasteiger partial charge is 0.370 e. The zero-order valence-corrected chi connectivity index (χ0v) is 16.6. The Hall–Kier alpha value is -2.35. The first kappa shape index (κ1) is 19.0. The van der Waals surface area contributed by atoms with Crippen molar-refractivity contribution in [3.8, 4) is 5.69 Å². The van der Waals surface area contributed by atoms with Crippen LogP contribution in [-0.4, -0.2) is 15.7 Å². The smallest absolute Gasteiger partial charge is 0.193 e. The second-order valence-electron chi connectivity index (χ2n) is 5.78. The number of halogens is 1. The van der Waals surface area contributed by atoms with E-state index in [0.717, 1.165) is 16.9 Å². The molecule has 0 bridgehead atoms. The fraction of sp³-hybridized carbons (Fsp3) is 0.158. The van der Waals surface area contributed by atoms with Gasteiger partial charge in [0.25, 0.3) is 0 Å². The van der Waals surface area contributed by atoms with E-state index in [0.29, 0.717) is 12.5 Å². The molecule has 0 fully saturated rings. The first-order valence-corrected chi connectivity index (χ1v) is 7.85. The Labute approximate surface area is 165 Å². The van der Waals surface area contributed by atoms with E-state index in [1.54, 1.807) is 6.20 Å². The molecule has 1 heterocycles. The van der Waals surface area contributed by atoms with Crippen molar-refractivity contribution in [3.63, 3.8) is 0 Å². The van der Waals surface area contributed by atoms with Gasteiger partial charge in [0, 0.05) is 18.1 Å². The highest BCUT2D eigenvalue weighted by molar-refractivity contribution is 14.0. The minimum atomic E-state index is 0. The third kappa shape index (κ3) is 5.06. The van der Waals surface area contributed by atoms with Crippen LogP contribution in [0.15, 0.2) is 65.9 Å². The predicted molar refractivity (Wildman–Crippen MR) is 114 cm³/mol. The lowest BCUT2D eigenvalue weighted by Crippen LogP contribution is -2.22. The second-order valence-corrected chi connectivity index (χ2v) is 5.78. The summed E-state index contributed by atoms with van der Waals surface area (Å²) in [6, 6.07) is 16.2. The molecule has 0 atom stereocenters. The Morgan fingerprint density at radius 1 is 1.12 bits per heavy atom. The normalized spacial score (nSPS) is 11.0. The molecular weight excluding hydrogens is 425 g/mol. The van der Waals surface area contributed by atoms with E-state index in [-0.39, 0.29) is 24.0 Å². The van der Waals surface area contributed by atoms with Crippen molar-refractivity contribution in [2.24, 2.45) is 10.7 Å². The molecule has 0 amide bonds. The van der Waals surface area contributed by atoms with Crippen molar-refractivity contribution < 1.29 is 0 Å². The Bertz CT molecular complexity index is 836. The number of nitrogens with zero attached hydrogens (tertiary/aromatic N) is 3. The Balaban J connectivity index is 0.00000225. The molecule has 25 heavy (non-hydrogen) atoms. The number of aliphatic imine (C=N–C) groups is 1. The van der Waals surface area contributed by atoms with Gasteiger partial charge in [0.1, 0.15) is 0 Å². The lowest BCUT2D eigenvalue weighted by Gasteiger charge is -2.10. The molecule has 3 rings (SSSR count). The monoisotopic (exact) mass is 447 g/mol. The summed E-state index contributed by atoms with van der Waals surface area (Å²) in [5, 5.41) is 7.44. The highest BCUT2D eigenvalue weighted by Gasteiger charge is 2.04. The van der Waals surface area contributed by atoms with E-state index in [1.165, 1.54) is 11.1 Å². The zero-order chi connectivity index (χ0) is 16.9. The summed E-state index contributed by atoms with van der Waals surface area (Å²) in [7, 11) is 0. The molecule has 0 radical (unpaired) electrons. The number of nitrogens with two attached hydrogens (primary N) is 1. The second kappa shape index (κ2) is 8.66. The molecule has 3 N–H and O–H groups in total. The number of benzene rings is 2. The fourth-order valence-corrected chi connectivity index (χ4v) is 2.68. The molecule has 130 valence electrons. The molecule has 5 nitrogen and oxygen atoms in total. The first-order valence-electron chi connectivity index (χ1n) is 7.85. The van der Waals surface area contributed by atoms with Crippen LogP contribution in [0, 0.1) is 13.8 Å². The van der Waals surface area contributed by atoms with Crippen molar-refractivity contribution in [3.05, 3.63) is 77.6 Å². The molecule has 6 heteroatoms. The van der Waals surface area contributed by atoms with Crippen LogP contribution in [0.25, 0.3) is 5.69 Å². The maximum absolute atomic E-state index is 6.04. The summed E-state index contributed by atoms with van der Waals surface area (Å²) in [5.74, 6) is 0.398. The van der Waals surface area contributed by atoms with Gasteiger partial charge in [0.2, 0.25) is 0 Å². The van der Waals surface area contributed by atoms with Crippen LogP contribution in [-0.2, 0) is 6.54 Å². The van der Waals surface area contributed by atoms with Crippen molar-refractivity contribution in [1.82, 2.24) is 9.78 Å². The number of aromatic nitrogens is 2. The number of rotatable bonds is 4. The average molecular weight is 447 g/mol. The van der Waals surface area contributed by atoms with Crippen LogP contribution in [0.4, 0.5) is 5.69 Å². The standard InChI is InChI=1S/C19H21N5.HI/c1-14-10-15(2)12-17(11-14)23-19(20)21-13-16-6-3-4-7-18(16)24-9-5-8-22-24;/h3-12H,13H2,1-2H3,(H3,20,21,23);1H. The Kier molecular flexibility index (Phi) is 6.58. The van der Waals surface area contributed by atoms with Crippen LogP contribution in [0.2, 0.25) is 0 Å². The third-order valence-corrected chi connectivity index (χ3v) is 3.66. The highest BCUT2D eigenvalue weighted by Crippen LogP contribution is 2.15. The van der Waals surface area contributed by atoms with Gasteiger partial charge in [-0.05, 0) is 54.8 Å². The van der Waals surface area contributed by atoms with Gasteiger partial charge in [-0.15, -0.1) is 24.0 Å². The van der Waals surface area contributed by atoms with Crippen LogP contribution in [0.3, 0.4) is 0 Å². The van der Waals surface area contributed by atoms with E-state index < -0.39 is 0 Å². The van der Waals surface area contributed by atoms with Crippen molar-refractivity contribution >= 4 is 35.6 Å². The Morgan fingerprint density at radius 3 is 2.52 bits per heavy atom. The number of nitrogens with one attached hydrogen (secondary N) is 1. The van der Waals surface area contributed by atoms with Crippen molar-refractivity contribution in [2.75, 3.05) is 5.32 Å². The van der Waals surface area contributed by atoms with Gasteiger partial charge in [-0.2, -0.15) is 5.10 Å². The average Bonchev–Trinajstić information content (AvgIpc) is 3.06. The SMILES string of the molecule is Cc1cc(C)cc(NC(N)=NCc2ccccc2-n2cccn2)c1.I. The number of hydrogen-bond acceptors (Lipinski definition) is 2. The van der Waals surface area contributed by atoms with Crippen LogP contribution in [0.1, 0.15) is 16.7 Å². The first-order chi connectivity index (χ1) is 11.6. The Morgan fingerprint density at radius 2 is 1.84 bits per heavy atom. The van der Waals surface area contributed by atoms with Gasteiger partial charge in [-0.25, -0.2) is 9.67 Å². The van der Waals surface area contributed by atoms with Crippen LogP contribution in [0.5, 0.6) is 0 Å². The predicted octanol–water partition coefficient (Wildman–Crippen LogP) is 4.03.